The van der Waals surface area contributed by atoms with E-state index in [0.717, 1.165) is 42.9 Å². The molecule has 0 unspecified atom stereocenters. The van der Waals surface area contributed by atoms with Gasteiger partial charge < -0.3 is 9.64 Å². The number of rotatable bonds is 6. The maximum Gasteiger partial charge on any atom is 0.239 e. The zero-order valence-corrected chi connectivity index (χ0v) is 15.2. The van der Waals surface area contributed by atoms with E-state index in [2.05, 4.69) is 10.00 Å². The van der Waals surface area contributed by atoms with Crippen LogP contribution in [0.25, 0.3) is 5.69 Å². The van der Waals surface area contributed by atoms with E-state index in [1.807, 2.05) is 60.2 Å². The fourth-order valence-corrected chi connectivity index (χ4v) is 3.15. The second kappa shape index (κ2) is 7.70. The molecule has 0 N–H and O–H groups in total. The maximum absolute atomic E-state index is 12.5. The first-order valence-corrected chi connectivity index (χ1v) is 8.75. The van der Waals surface area contributed by atoms with E-state index in [9.17, 15) is 4.79 Å². The minimum Gasteiger partial charge on any atom is -0.497 e. The molecule has 1 aliphatic heterocycles. The first kappa shape index (κ1) is 17.5. The van der Waals surface area contributed by atoms with Gasteiger partial charge in [0.2, 0.25) is 5.91 Å². The van der Waals surface area contributed by atoms with Gasteiger partial charge in [-0.1, -0.05) is 6.07 Å². The van der Waals surface area contributed by atoms with Crippen molar-refractivity contribution in [3.05, 3.63) is 42.2 Å². The van der Waals surface area contributed by atoms with Crippen LogP contribution in [0.1, 0.15) is 25.3 Å². The van der Waals surface area contributed by atoms with Crippen molar-refractivity contribution in [3.8, 4) is 11.4 Å². The molecule has 1 amide bonds. The second-order valence-corrected chi connectivity index (χ2v) is 6.62. The number of ether oxygens (including phenoxy) is 1. The normalized spacial score (nSPS) is 15.6. The third kappa shape index (κ3) is 4.02. The Morgan fingerprint density at radius 1 is 1.36 bits per heavy atom. The van der Waals surface area contributed by atoms with Crippen molar-refractivity contribution in [1.82, 2.24) is 19.6 Å². The van der Waals surface area contributed by atoms with Crippen molar-refractivity contribution in [2.24, 2.45) is 0 Å². The van der Waals surface area contributed by atoms with Gasteiger partial charge in [-0.3, -0.25) is 9.69 Å². The van der Waals surface area contributed by atoms with Crippen LogP contribution in [0.5, 0.6) is 5.75 Å². The van der Waals surface area contributed by atoms with Gasteiger partial charge in [-0.15, -0.1) is 0 Å². The quantitative estimate of drug-likeness (QED) is 0.808. The van der Waals surface area contributed by atoms with E-state index in [0.29, 0.717) is 6.54 Å². The summed E-state index contributed by atoms with van der Waals surface area (Å²) in [5, 5.41) is 4.44. The third-order valence-electron chi connectivity index (χ3n) is 4.82. The van der Waals surface area contributed by atoms with Gasteiger partial charge in [0, 0.05) is 37.5 Å². The summed E-state index contributed by atoms with van der Waals surface area (Å²) in [5.74, 6) is 1.02. The lowest BCUT2D eigenvalue weighted by Crippen LogP contribution is -2.44. The van der Waals surface area contributed by atoms with E-state index >= 15 is 0 Å². The highest BCUT2D eigenvalue weighted by Crippen LogP contribution is 2.17. The van der Waals surface area contributed by atoms with Crippen LogP contribution in [0.3, 0.4) is 0 Å². The number of amides is 1. The Bertz CT molecular complexity index is 722. The molecule has 0 bridgehead atoms. The highest BCUT2D eigenvalue weighted by molar-refractivity contribution is 5.81. The molecule has 6 heteroatoms. The summed E-state index contributed by atoms with van der Waals surface area (Å²) in [4.78, 5) is 16.6. The summed E-state index contributed by atoms with van der Waals surface area (Å²) in [6, 6.07) is 7.66. The minimum absolute atomic E-state index is 0.127. The van der Waals surface area contributed by atoms with Gasteiger partial charge in [0.1, 0.15) is 5.75 Å². The van der Waals surface area contributed by atoms with Crippen molar-refractivity contribution in [2.75, 3.05) is 27.2 Å². The molecule has 25 heavy (non-hydrogen) atoms. The molecular formula is C19H26N4O2. The summed E-state index contributed by atoms with van der Waals surface area (Å²) in [5.41, 5.74) is 2.03. The second-order valence-electron chi connectivity index (χ2n) is 6.62. The number of carbonyl (C=O) groups is 1. The molecule has 1 aliphatic rings. The molecule has 1 atom stereocenters. The maximum atomic E-state index is 12.5. The lowest BCUT2D eigenvalue weighted by Gasteiger charge is -2.27. The number of nitrogens with zero attached hydrogens (tertiary/aromatic N) is 4. The summed E-state index contributed by atoms with van der Waals surface area (Å²) in [6.07, 6.45) is 6.09. The monoisotopic (exact) mass is 342 g/mol. The van der Waals surface area contributed by atoms with Crippen molar-refractivity contribution >= 4 is 5.91 Å². The van der Waals surface area contributed by atoms with E-state index in [1.165, 1.54) is 0 Å². The Morgan fingerprint density at radius 3 is 2.84 bits per heavy atom. The van der Waals surface area contributed by atoms with Gasteiger partial charge in [0.15, 0.2) is 0 Å². The molecule has 3 rings (SSSR count). The predicted molar refractivity (Wildman–Crippen MR) is 96.9 cm³/mol. The van der Waals surface area contributed by atoms with Crippen LogP contribution in [-0.2, 0) is 11.3 Å². The van der Waals surface area contributed by atoms with Crippen molar-refractivity contribution in [3.63, 3.8) is 0 Å². The van der Waals surface area contributed by atoms with Crippen LogP contribution in [-0.4, -0.2) is 58.8 Å². The molecule has 2 aromatic rings. The number of aromatic nitrogens is 2. The SMILES string of the molecule is COc1cccc(-n2cc(CN(C)[C@H](C)C(=O)N3CCCC3)cn2)c1. The highest BCUT2D eigenvalue weighted by atomic mass is 16.5. The predicted octanol–water partition coefficient (Wildman–Crippen LogP) is 2.32. The molecule has 0 radical (unpaired) electrons. The number of methoxy groups -OCH3 is 1. The van der Waals surface area contributed by atoms with Crippen molar-refractivity contribution < 1.29 is 9.53 Å². The van der Waals surface area contributed by atoms with Gasteiger partial charge in [-0.25, -0.2) is 4.68 Å². The third-order valence-corrected chi connectivity index (χ3v) is 4.82. The number of carbonyl (C=O) groups excluding carboxylic acids is 1. The zero-order valence-electron chi connectivity index (χ0n) is 15.2. The number of likely N-dealkylation sites (tertiary alicyclic amines) is 1. The summed E-state index contributed by atoms with van der Waals surface area (Å²) in [7, 11) is 3.64. The van der Waals surface area contributed by atoms with E-state index in [1.54, 1.807) is 7.11 Å². The van der Waals surface area contributed by atoms with E-state index in [-0.39, 0.29) is 11.9 Å². The molecule has 1 aromatic carbocycles. The van der Waals surface area contributed by atoms with Crippen LogP contribution >= 0.6 is 0 Å². The molecule has 1 aromatic heterocycles. The Hall–Kier alpha value is -2.34. The Morgan fingerprint density at radius 2 is 2.12 bits per heavy atom. The summed E-state index contributed by atoms with van der Waals surface area (Å²) >= 11 is 0. The van der Waals surface area contributed by atoms with Crippen LogP contribution in [0.15, 0.2) is 36.7 Å². The van der Waals surface area contributed by atoms with Gasteiger partial charge >= 0.3 is 0 Å². The molecule has 1 saturated heterocycles. The molecule has 134 valence electrons. The Kier molecular flexibility index (Phi) is 5.38. The zero-order chi connectivity index (χ0) is 17.8. The van der Waals surface area contributed by atoms with Gasteiger partial charge in [-0.2, -0.15) is 5.10 Å². The van der Waals surface area contributed by atoms with Crippen LogP contribution in [0.2, 0.25) is 0 Å². The molecule has 6 nitrogen and oxygen atoms in total. The lowest BCUT2D eigenvalue weighted by molar-refractivity contribution is -0.135. The number of hydrogen-bond donors (Lipinski definition) is 0. The molecule has 1 fully saturated rings. The first-order valence-electron chi connectivity index (χ1n) is 8.75. The Balaban J connectivity index is 1.64. The molecule has 2 heterocycles. The highest BCUT2D eigenvalue weighted by Gasteiger charge is 2.26. The number of likely N-dealkylation sites (N-methyl/N-ethyl adjacent to an activating group) is 1. The average molecular weight is 342 g/mol. The first-order chi connectivity index (χ1) is 12.1. The average Bonchev–Trinajstić information content (AvgIpc) is 3.32. The minimum atomic E-state index is -0.127. The van der Waals surface area contributed by atoms with E-state index < -0.39 is 0 Å². The van der Waals surface area contributed by atoms with Gasteiger partial charge in [-0.05, 0) is 38.9 Å². The van der Waals surface area contributed by atoms with Crippen LogP contribution < -0.4 is 4.74 Å². The van der Waals surface area contributed by atoms with Crippen molar-refractivity contribution in [2.45, 2.75) is 32.4 Å². The largest absolute Gasteiger partial charge is 0.497 e. The number of hydrogen-bond acceptors (Lipinski definition) is 4. The molecule has 0 spiro atoms. The van der Waals surface area contributed by atoms with Crippen LogP contribution in [0, 0.1) is 0 Å². The molecule has 0 saturated carbocycles. The fraction of sp³-hybridized carbons (Fsp3) is 0.474. The smallest absolute Gasteiger partial charge is 0.239 e. The number of benzene rings is 1. The summed E-state index contributed by atoms with van der Waals surface area (Å²) in [6.45, 7) is 4.45. The molecule has 0 aliphatic carbocycles. The van der Waals surface area contributed by atoms with Crippen molar-refractivity contribution in [1.29, 1.82) is 0 Å². The topological polar surface area (TPSA) is 50.6 Å². The van der Waals surface area contributed by atoms with Gasteiger partial charge in [0.25, 0.3) is 0 Å². The van der Waals surface area contributed by atoms with Crippen LogP contribution in [0.4, 0.5) is 0 Å². The standard InChI is InChI=1S/C19H26N4O2/c1-15(19(24)22-9-4-5-10-22)21(2)13-16-12-20-23(14-16)17-7-6-8-18(11-17)25-3/h6-8,11-12,14-15H,4-5,9-10,13H2,1-3H3/t15-/m1/s1. The Labute approximate surface area is 149 Å². The van der Waals surface area contributed by atoms with Gasteiger partial charge in [0.05, 0.1) is 25.0 Å². The lowest BCUT2D eigenvalue weighted by atomic mass is 10.2. The summed E-state index contributed by atoms with van der Waals surface area (Å²) < 4.78 is 7.09. The molecular weight excluding hydrogens is 316 g/mol. The van der Waals surface area contributed by atoms with E-state index in [4.69, 9.17) is 4.74 Å². The fourth-order valence-electron chi connectivity index (χ4n) is 3.15.